The highest BCUT2D eigenvalue weighted by Gasteiger charge is 2.23. The van der Waals surface area contributed by atoms with Crippen LogP contribution in [0.3, 0.4) is 0 Å². The van der Waals surface area contributed by atoms with Gasteiger partial charge in [-0.15, -0.1) is 0 Å². The summed E-state index contributed by atoms with van der Waals surface area (Å²) in [6.45, 7) is 6.11. The lowest BCUT2D eigenvalue weighted by Gasteiger charge is -2.23. The minimum absolute atomic E-state index is 0.243. The largest absolute Gasteiger partial charge is 0.267 e. The van der Waals surface area contributed by atoms with Crippen LogP contribution in [0.25, 0.3) is 0 Å². The Morgan fingerprint density at radius 3 is 2.00 bits per heavy atom. The maximum atomic E-state index is 12.8. The van der Waals surface area contributed by atoms with Crippen LogP contribution in [-0.4, -0.2) is 15.0 Å². The lowest BCUT2D eigenvalue weighted by molar-refractivity contribution is 0.592. The van der Waals surface area contributed by atoms with E-state index in [0.717, 1.165) is 11.1 Å². The Kier molecular flexibility index (Phi) is 4.59. The molecule has 2 rings (SSSR count). The predicted molar refractivity (Wildman–Crippen MR) is 87.6 cm³/mol. The van der Waals surface area contributed by atoms with Gasteiger partial charge in [-0.1, -0.05) is 17.7 Å². The molecule has 2 aromatic rings. The predicted octanol–water partition coefficient (Wildman–Crippen LogP) is 4.17. The number of anilines is 1. The first-order valence-electron chi connectivity index (χ1n) is 6.71. The van der Waals surface area contributed by atoms with E-state index in [4.69, 9.17) is 11.6 Å². The normalized spacial score (nSPS) is 11.4. The van der Waals surface area contributed by atoms with Crippen LogP contribution in [0.5, 0.6) is 0 Å². The number of hydrogen-bond acceptors (Lipinski definition) is 2. The summed E-state index contributed by atoms with van der Waals surface area (Å²) in [7, 11) is -3.58. The van der Waals surface area contributed by atoms with Crippen LogP contribution in [0.2, 0.25) is 5.02 Å². The first-order valence-corrected chi connectivity index (χ1v) is 8.53. The van der Waals surface area contributed by atoms with E-state index in [9.17, 15) is 8.42 Å². The van der Waals surface area contributed by atoms with Crippen LogP contribution in [0.4, 0.5) is 5.69 Å². The summed E-state index contributed by atoms with van der Waals surface area (Å²) < 4.78 is 27.0. The van der Waals surface area contributed by atoms with E-state index in [0.29, 0.717) is 17.3 Å². The molecule has 0 N–H and O–H groups in total. The fourth-order valence-corrected chi connectivity index (χ4v) is 3.90. The van der Waals surface area contributed by atoms with Crippen LogP contribution in [0.1, 0.15) is 18.1 Å². The quantitative estimate of drug-likeness (QED) is 0.846. The second-order valence-corrected chi connectivity index (χ2v) is 7.27. The van der Waals surface area contributed by atoms with E-state index in [1.54, 1.807) is 12.1 Å². The SMILES string of the molecule is CCN(c1cc(C)cc(C)c1)S(=O)(=O)c1ccc(Cl)cc1. The molecule has 0 bridgehead atoms. The van der Waals surface area contributed by atoms with Crippen molar-refractivity contribution < 1.29 is 8.42 Å². The molecule has 0 amide bonds. The molecule has 21 heavy (non-hydrogen) atoms. The molecule has 5 heteroatoms. The molecule has 0 aliphatic heterocycles. The zero-order chi connectivity index (χ0) is 15.6. The molecule has 0 spiro atoms. The Bertz CT molecular complexity index is 719. The number of hydrogen-bond donors (Lipinski definition) is 0. The van der Waals surface area contributed by atoms with Crippen molar-refractivity contribution in [3.8, 4) is 0 Å². The highest BCUT2D eigenvalue weighted by molar-refractivity contribution is 7.92. The first-order chi connectivity index (χ1) is 9.84. The second-order valence-electron chi connectivity index (χ2n) is 4.97. The van der Waals surface area contributed by atoms with Gasteiger partial charge in [0.1, 0.15) is 0 Å². The van der Waals surface area contributed by atoms with E-state index in [1.807, 2.05) is 39.0 Å². The van der Waals surface area contributed by atoms with Crippen molar-refractivity contribution in [3.05, 3.63) is 58.6 Å². The van der Waals surface area contributed by atoms with E-state index in [-0.39, 0.29) is 4.90 Å². The second kappa shape index (κ2) is 6.08. The summed E-state index contributed by atoms with van der Waals surface area (Å²) in [5, 5.41) is 0.517. The smallest absolute Gasteiger partial charge is 0.264 e. The third kappa shape index (κ3) is 3.39. The Morgan fingerprint density at radius 1 is 1.00 bits per heavy atom. The molecule has 0 saturated carbocycles. The van der Waals surface area contributed by atoms with Gasteiger partial charge in [-0.05, 0) is 68.3 Å². The van der Waals surface area contributed by atoms with Crippen molar-refractivity contribution in [1.82, 2.24) is 0 Å². The van der Waals surface area contributed by atoms with Gasteiger partial charge >= 0.3 is 0 Å². The number of halogens is 1. The lowest BCUT2D eigenvalue weighted by Crippen LogP contribution is -2.30. The molecule has 0 unspecified atom stereocenters. The molecular weight excluding hydrogens is 306 g/mol. The molecule has 0 fully saturated rings. The van der Waals surface area contributed by atoms with Gasteiger partial charge in [0.15, 0.2) is 0 Å². The van der Waals surface area contributed by atoms with Gasteiger partial charge < -0.3 is 0 Å². The summed E-state index contributed by atoms with van der Waals surface area (Å²) in [5.41, 5.74) is 2.76. The average molecular weight is 324 g/mol. The van der Waals surface area contributed by atoms with Gasteiger partial charge in [0.25, 0.3) is 10.0 Å². The fourth-order valence-electron chi connectivity index (χ4n) is 2.32. The van der Waals surface area contributed by atoms with Crippen LogP contribution in [0, 0.1) is 13.8 Å². The first kappa shape index (κ1) is 15.9. The maximum Gasteiger partial charge on any atom is 0.264 e. The average Bonchev–Trinajstić information content (AvgIpc) is 2.38. The molecule has 3 nitrogen and oxygen atoms in total. The summed E-state index contributed by atoms with van der Waals surface area (Å²) in [4.78, 5) is 0.243. The topological polar surface area (TPSA) is 37.4 Å². The Labute approximate surface area is 131 Å². The zero-order valence-corrected chi connectivity index (χ0v) is 13.9. The third-order valence-electron chi connectivity index (χ3n) is 3.18. The summed E-state index contributed by atoms with van der Waals surface area (Å²) in [5.74, 6) is 0. The maximum absolute atomic E-state index is 12.8. The highest BCUT2D eigenvalue weighted by Crippen LogP contribution is 2.26. The van der Waals surface area contributed by atoms with Crippen molar-refractivity contribution in [2.24, 2.45) is 0 Å². The summed E-state index contributed by atoms with van der Waals surface area (Å²) >= 11 is 5.83. The molecule has 0 aliphatic rings. The van der Waals surface area contributed by atoms with E-state index in [2.05, 4.69) is 0 Å². The number of benzene rings is 2. The van der Waals surface area contributed by atoms with Crippen LogP contribution in [-0.2, 0) is 10.0 Å². The van der Waals surface area contributed by atoms with Crippen LogP contribution >= 0.6 is 11.6 Å². The lowest BCUT2D eigenvalue weighted by atomic mass is 10.1. The number of aryl methyl sites for hydroxylation is 2. The minimum atomic E-state index is -3.58. The Balaban J connectivity index is 2.51. The molecule has 0 heterocycles. The molecular formula is C16H18ClNO2S. The van der Waals surface area contributed by atoms with Gasteiger partial charge in [0.2, 0.25) is 0 Å². The van der Waals surface area contributed by atoms with Crippen molar-refractivity contribution >= 4 is 27.3 Å². The minimum Gasteiger partial charge on any atom is -0.267 e. The third-order valence-corrected chi connectivity index (χ3v) is 5.35. The van der Waals surface area contributed by atoms with E-state index >= 15 is 0 Å². The van der Waals surface area contributed by atoms with Crippen molar-refractivity contribution in [3.63, 3.8) is 0 Å². The summed E-state index contributed by atoms with van der Waals surface area (Å²) in [6.07, 6.45) is 0. The van der Waals surface area contributed by atoms with Crippen LogP contribution in [0.15, 0.2) is 47.4 Å². The van der Waals surface area contributed by atoms with Crippen molar-refractivity contribution in [1.29, 1.82) is 0 Å². The van der Waals surface area contributed by atoms with Gasteiger partial charge in [0, 0.05) is 11.6 Å². The van der Waals surface area contributed by atoms with Crippen molar-refractivity contribution in [2.45, 2.75) is 25.7 Å². The zero-order valence-electron chi connectivity index (χ0n) is 12.3. The highest BCUT2D eigenvalue weighted by atomic mass is 35.5. The van der Waals surface area contributed by atoms with Gasteiger partial charge in [-0.3, -0.25) is 4.31 Å². The Morgan fingerprint density at radius 2 is 1.52 bits per heavy atom. The molecule has 0 aliphatic carbocycles. The molecule has 0 radical (unpaired) electrons. The van der Waals surface area contributed by atoms with E-state index in [1.165, 1.54) is 16.4 Å². The number of nitrogens with zero attached hydrogens (tertiary/aromatic N) is 1. The summed E-state index contributed by atoms with van der Waals surface area (Å²) in [6, 6.07) is 12.0. The Hall–Kier alpha value is -1.52. The standard InChI is InChI=1S/C16H18ClNO2S/c1-4-18(15-10-12(2)9-13(3)11-15)21(19,20)16-7-5-14(17)6-8-16/h5-11H,4H2,1-3H3. The fraction of sp³-hybridized carbons (Fsp3) is 0.250. The molecule has 0 atom stereocenters. The number of rotatable bonds is 4. The van der Waals surface area contributed by atoms with Gasteiger partial charge in [-0.25, -0.2) is 8.42 Å². The molecule has 0 aromatic heterocycles. The molecule has 0 saturated heterocycles. The number of sulfonamides is 1. The van der Waals surface area contributed by atoms with Gasteiger partial charge in [-0.2, -0.15) is 0 Å². The van der Waals surface area contributed by atoms with E-state index < -0.39 is 10.0 Å². The monoisotopic (exact) mass is 323 g/mol. The molecule has 2 aromatic carbocycles. The van der Waals surface area contributed by atoms with Crippen molar-refractivity contribution in [2.75, 3.05) is 10.8 Å². The molecule has 112 valence electrons. The van der Waals surface area contributed by atoms with Crippen LogP contribution < -0.4 is 4.31 Å². The van der Waals surface area contributed by atoms with Gasteiger partial charge in [0.05, 0.1) is 10.6 Å².